The van der Waals surface area contributed by atoms with E-state index in [0.29, 0.717) is 5.56 Å². The molecule has 0 saturated carbocycles. The van der Waals surface area contributed by atoms with Crippen LogP contribution in [-0.4, -0.2) is 24.2 Å². The van der Waals surface area contributed by atoms with Crippen molar-refractivity contribution in [2.75, 3.05) is 7.11 Å². The van der Waals surface area contributed by atoms with Crippen molar-refractivity contribution in [3.05, 3.63) is 75.8 Å². The molecule has 0 aliphatic rings. The van der Waals surface area contributed by atoms with Crippen molar-refractivity contribution in [2.24, 2.45) is 5.10 Å². The SMILES string of the molecule is COc1ccc(/C=C/C(=O)N/N=C\c2ccccc2[N+](=O)[O-])cc1. The van der Waals surface area contributed by atoms with Gasteiger partial charge in [0.15, 0.2) is 0 Å². The third kappa shape index (κ3) is 4.77. The number of rotatable bonds is 6. The number of nitrogens with one attached hydrogen (secondary N) is 1. The van der Waals surface area contributed by atoms with Crippen LogP contribution in [-0.2, 0) is 4.79 Å². The van der Waals surface area contributed by atoms with Gasteiger partial charge >= 0.3 is 0 Å². The number of nitro benzene ring substituents is 1. The molecule has 0 aliphatic carbocycles. The molecule has 122 valence electrons. The highest BCUT2D eigenvalue weighted by Gasteiger charge is 2.09. The maximum atomic E-state index is 11.7. The predicted octanol–water partition coefficient (Wildman–Crippen LogP) is 2.77. The normalized spacial score (nSPS) is 10.9. The minimum Gasteiger partial charge on any atom is -0.497 e. The summed E-state index contributed by atoms with van der Waals surface area (Å²) in [5.74, 6) is 0.284. The Balaban J connectivity index is 1.95. The molecule has 2 aromatic carbocycles. The van der Waals surface area contributed by atoms with Gasteiger partial charge in [-0.25, -0.2) is 5.43 Å². The molecule has 7 heteroatoms. The Morgan fingerprint density at radius 3 is 2.58 bits per heavy atom. The van der Waals surface area contributed by atoms with Crippen LogP contribution in [0, 0.1) is 10.1 Å². The molecule has 1 amide bonds. The predicted molar refractivity (Wildman–Crippen MR) is 90.9 cm³/mol. The van der Waals surface area contributed by atoms with Crippen molar-refractivity contribution < 1.29 is 14.5 Å². The van der Waals surface area contributed by atoms with Crippen LogP contribution in [0.5, 0.6) is 5.75 Å². The van der Waals surface area contributed by atoms with Crippen molar-refractivity contribution >= 4 is 23.9 Å². The van der Waals surface area contributed by atoms with E-state index in [9.17, 15) is 14.9 Å². The summed E-state index contributed by atoms with van der Waals surface area (Å²) in [6.45, 7) is 0. The van der Waals surface area contributed by atoms with E-state index < -0.39 is 10.8 Å². The number of para-hydroxylation sites is 1. The smallest absolute Gasteiger partial charge is 0.278 e. The van der Waals surface area contributed by atoms with Crippen LogP contribution < -0.4 is 10.2 Å². The molecule has 0 spiro atoms. The molecule has 0 unspecified atom stereocenters. The Morgan fingerprint density at radius 2 is 1.92 bits per heavy atom. The van der Waals surface area contributed by atoms with E-state index in [1.807, 2.05) is 0 Å². The number of hydrogen-bond donors (Lipinski definition) is 1. The Hall–Kier alpha value is -3.48. The molecule has 0 radical (unpaired) electrons. The summed E-state index contributed by atoms with van der Waals surface area (Å²) in [7, 11) is 1.58. The Labute approximate surface area is 138 Å². The molecule has 7 nitrogen and oxygen atoms in total. The highest BCUT2D eigenvalue weighted by atomic mass is 16.6. The second-order valence-electron chi connectivity index (χ2n) is 4.66. The molecule has 0 fully saturated rings. The summed E-state index contributed by atoms with van der Waals surface area (Å²) in [5.41, 5.74) is 3.34. The zero-order valence-corrected chi connectivity index (χ0v) is 12.9. The van der Waals surface area contributed by atoms with E-state index in [1.165, 1.54) is 18.4 Å². The molecule has 24 heavy (non-hydrogen) atoms. The topological polar surface area (TPSA) is 93.8 Å². The fourth-order valence-corrected chi connectivity index (χ4v) is 1.85. The van der Waals surface area contributed by atoms with E-state index >= 15 is 0 Å². The first-order chi connectivity index (χ1) is 11.6. The van der Waals surface area contributed by atoms with Crippen LogP contribution in [0.2, 0.25) is 0 Å². The van der Waals surface area contributed by atoms with Crippen LogP contribution in [0.25, 0.3) is 6.08 Å². The first-order valence-corrected chi connectivity index (χ1v) is 6.99. The number of hydrazone groups is 1. The van der Waals surface area contributed by atoms with Gasteiger partial charge < -0.3 is 4.74 Å². The van der Waals surface area contributed by atoms with Crippen molar-refractivity contribution in [1.82, 2.24) is 5.43 Å². The summed E-state index contributed by atoms with van der Waals surface area (Å²) >= 11 is 0. The van der Waals surface area contributed by atoms with E-state index in [0.717, 1.165) is 11.3 Å². The highest BCUT2D eigenvalue weighted by Crippen LogP contribution is 2.15. The Morgan fingerprint density at radius 1 is 1.21 bits per heavy atom. The molecular formula is C17H15N3O4. The van der Waals surface area contributed by atoms with E-state index in [4.69, 9.17) is 4.74 Å². The monoisotopic (exact) mass is 325 g/mol. The molecule has 2 aromatic rings. The minimum atomic E-state index is -0.507. The summed E-state index contributed by atoms with van der Waals surface area (Å²) in [6.07, 6.45) is 4.17. The van der Waals surface area contributed by atoms with E-state index in [-0.39, 0.29) is 5.69 Å². The zero-order valence-electron chi connectivity index (χ0n) is 12.9. The number of ether oxygens (including phenoxy) is 1. The van der Waals surface area contributed by atoms with Crippen LogP contribution in [0.4, 0.5) is 5.69 Å². The van der Waals surface area contributed by atoms with Gasteiger partial charge in [-0.3, -0.25) is 14.9 Å². The van der Waals surface area contributed by atoms with E-state index in [1.54, 1.807) is 55.7 Å². The third-order valence-electron chi connectivity index (χ3n) is 3.05. The van der Waals surface area contributed by atoms with Gasteiger partial charge in [-0.15, -0.1) is 0 Å². The fourth-order valence-electron chi connectivity index (χ4n) is 1.85. The minimum absolute atomic E-state index is 0.0794. The number of nitro groups is 1. The maximum Gasteiger partial charge on any atom is 0.278 e. The number of carbonyl (C=O) groups excluding carboxylic acids is 1. The lowest BCUT2D eigenvalue weighted by atomic mass is 10.2. The maximum absolute atomic E-state index is 11.7. The number of benzene rings is 2. The average molecular weight is 325 g/mol. The molecule has 1 N–H and O–H groups in total. The lowest BCUT2D eigenvalue weighted by Gasteiger charge is -1.99. The second kappa shape index (κ2) is 8.23. The number of nitrogens with zero attached hydrogens (tertiary/aromatic N) is 2. The number of amides is 1. The number of carbonyl (C=O) groups is 1. The van der Waals surface area contributed by atoms with Crippen LogP contribution >= 0.6 is 0 Å². The second-order valence-corrected chi connectivity index (χ2v) is 4.66. The van der Waals surface area contributed by atoms with Gasteiger partial charge in [0, 0.05) is 12.1 Å². The first-order valence-electron chi connectivity index (χ1n) is 6.99. The summed E-state index contributed by atoms with van der Waals surface area (Å²) in [6, 6.07) is 13.3. The van der Waals surface area contributed by atoms with Crippen molar-refractivity contribution in [3.8, 4) is 5.75 Å². The van der Waals surface area contributed by atoms with Gasteiger partial charge in [0.1, 0.15) is 5.75 Å². The highest BCUT2D eigenvalue weighted by molar-refractivity contribution is 5.93. The lowest BCUT2D eigenvalue weighted by molar-refractivity contribution is -0.385. The van der Waals surface area contributed by atoms with Gasteiger partial charge in [-0.05, 0) is 29.8 Å². The van der Waals surface area contributed by atoms with Crippen LogP contribution in [0.3, 0.4) is 0 Å². The molecule has 2 rings (SSSR count). The van der Waals surface area contributed by atoms with Crippen LogP contribution in [0.1, 0.15) is 11.1 Å². The Bertz CT molecular complexity index is 783. The molecule has 0 bridgehead atoms. The summed E-state index contributed by atoms with van der Waals surface area (Å²) in [4.78, 5) is 22.0. The number of methoxy groups -OCH3 is 1. The Kier molecular flexibility index (Phi) is 5.79. The van der Waals surface area contributed by atoms with Crippen LogP contribution in [0.15, 0.2) is 59.7 Å². The molecule has 0 saturated heterocycles. The first kappa shape index (κ1) is 16.9. The average Bonchev–Trinajstić information content (AvgIpc) is 2.60. The van der Waals surface area contributed by atoms with Gasteiger partial charge in [-0.2, -0.15) is 5.10 Å². The number of hydrogen-bond acceptors (Lipinski definition) is 5. The summed E-state index contributed by atoms with van der Waals surface area (Å²) < 4.78 is 5.05. The van der Waals surface area contributed by atoms with Gasteiger partial charge in [-0.1, -0.05) is 24.3 Å². The largest absolute Gasteiger partial charge is 0.497 e. The molecule has 0 aliphatic heterocycles. The summed E-state index contributed by atoms with van der Waals surface area (Å²) in [5, 5.41) is 14.6. The fraction of sp³-hybridized carbons (Fsp3) is 0.0588. The molecule has 0 heterocycles. The lowest BCUT2D eigenvalue weighted by Crippen LogP contribution is -2.14. The third-order valence-corrected chi connectivity index (χ3v) is 3.05. The van der Waals surface area contributed by atoms with Crippen molar-refractivity contribution in [2.45, 2.75) is 0 Å². The van der Waals surface area contributed by atoms with Gasteiger partial charge in [0.25, 0.3) is 11.6 Å². The molecular weight excluding hydrogens is 310 g/mol. The quantitative estimate of drug-likeness (QED) is 0.382. The zero-order chi connectivity index (χ0) is 17.4. The van der Waals surface area contributed by atoms with E-state index in [2.05, 4.69) is 10.5 Å². The molecule has 0 aromatic heterocycles. The molecule has 0 atom stereocenters. The van der Waals surface area contributed by atoms with Gasteiger partial charge in [0.2, 0.25) is 0 Å². The van der Waals surface area contributed by atoms with Crippen molar-refractivity contribution in [3.63, 3.8) is 0 Å². The standard InChI is InChI=1S/C17H15N3O4/c1-24-15-9-6-13(7-10-15)8-11-17(21)19-18-12-14-4-2-3-5-16(14)20(22)23/h2-12H,1H3,(H,19,21)/b11-8+,18-12-. The van der Waals surface area contributed by atoms with Crippen molar-refractivity contribution in [1.29, 1.82) is 0 Å². The van der Waals surface area contributed by atoms with Gasteiger partial charge in [0.05, 0.1) is 23.8 Å².